The summed E-state index contributed by atoms with van der Waals surface area (Å²) in [6, 6.07) is 19.7. The molecule has 6 rings (SSSR count). The van der Waals surface area contributed by atoms with Crippen LogP contribution in [0.2, 0.25) is 0 Å². The molecule has 1 saturated heterocycles. The number of carbonyl (C=O) groups excluding carboxylic acids is 2. The van der Waals surface area contributed by atoms with E-state index >= 15 is 0 Å². The third-order valence-corrected chi connectivity index (χ3v) is 8.01. The molecule has 0 atom stereocenters. The molecule has 0 bridgehead atoms. The van der Waals surface area contributed by atoms with Gasteiger partial charge in [-0.05, 0) is 48.7 Å². The molecule has 4 heterocycles. The summed E-state index contributed by atoms with van der Waals surface area (Å²) in [5.41, 5.74) is 4.17. The van der Waals surface area contributed by atoms with E-state index in [2.05, 4.69) is 21.4 Å². The molecule has 2 aromatic carbocycles. The maximum atomic E-state index is 13.0. The van der Waals surface area contributed by atoms with E-state index < -0.39 is 0 Å². The highest BCUT2D eigenvalue weighted by molar-refractivity contribution is 7.10. The van der Waals surface area contributed by atoms with Crippen LogP contribution in [0.4, 0.5) is 5.69 Å². The molecular formula is C29H27N5O2S. The van der Waals surface area contributed by atoms with Gasteiger partial charge in [-0.25, -0.2) is 4.98 Å². The van der Waals surface area contributed by atoms with Crippen LogP contribution in [-0.4, -0.2) is 44.3 Å². The van der Waals surface area contributed by atoms with Gasteiger partial charge in [0.25, 0.3) is 5.91 Å². The molecule has 1 aliphatic heterocycles. The van der Waals surface area contributed by atoms with Gasteiger partial charge in [0.2, 0.25) is 5.91 Å². The average molecular weight is 510 g/mol. The van der Waals surface area contributed by atoms with Gasteiger partial charge in [0.15, 0.2) is 0 Å². The zero-order chi connectivity index (χ0) is 25.2. The van der Waals surface area contributed by atoms with Crippen molar-refractivity contribution in [2.24, 2.45) is 0 Å². The molecule has 5 aromatic rings. The van der Waals surface area contributed by atoms with E-state index in [1.165, 1.54) is 11.3 Å². The largest absolute Gasteiger partial charge is 0.361 e. The Morgan fingerprint density at radius 1 is 1.00 bits per heavy atom. The van der Waals surface area contributed by atoms with Crippen molar-refractivity contribution >= 4 is 39.7 Å². The Morgan fingerprint density at radius 2 is 1.76 bits per heavy atom. The van der Waals surface area contributed by atoms with Crippen LogP contribution < -0.4 is 5.32 Å². The van der Waals surface area contributed by atoms with Crippen molar-refractivity contribution < 1.29 is 9.59 Å². The first kappa shape index (κ1) is 23.2. The van der Waals surface area contributed by atoms with Gasteiger partial charge in [-0.2, -0.15) is 0 Å². The van der Waals surface area contributed by atoms with E-state index in [0.717, 1.165) is 45.7 Å². The first-order valence-corrected chi connectivity index (χ1v) is 13.4. The van der Waals surface area contributed by atoms with Gasteiger partial charge in [0.1, 0.15) is 5.69 Å². The molecule has 2 N–H and O–H groups in total. The van der Waals surface area contributed by atoms with Crippen molar-refractivity contribution in [1.29, 1.82) is 0 Å². The number of H-pyrrole nitrogens is 1. The van der Waals surface area contributed by atoms with Gasteiger partial charge in [-0.3, -0.25) is 9.59 Å². The molecule has 7 nitrogen and oxygen atoms in total. The lowest BCUT2D eigenvalue weighted by Gasteiger charge is -2.31. The van der Waals surface area contributed by atoms with Crippen LogP contribution >= 0.6 is 11.3 Å². The van der Waals surface area contributed by atoms with Crippen LogP contribution in [0.3, 0.4) is 0 Å². The summed E-state index contributed by atoms with van der Waals surface area (Å²) in [4.78, 5) is 35.8. The molecule has 1 aliphatic rings. The summed E-state index contributed by atoms with van der Waals surface area (Å²) in [5, 5.41) is 6.92. The van der Waals surface area contributed by atoms with Crippen LogP contribution in [0.1, 0.15) is 39.8 Å². The molecular weight excluding hydrogens is 482 g/mol. The van der Waals surface area contributed by atoms with Crippen molar-refractivity contribution in [2.75, 3.05) is 18.4 Å². The SMILES string of the molecule is O=C(Nc1ccccc1-n1cccc1)c1csc(C2CCN(C(=O)Cc3c[nH]c4ccccc34)CC2)n1. The summed E-state index contributed by atoms with van der Waals surface area (Å²) in [5.74, 6) is 0.202. The molecule has 3 aromatic heterocycles. The van der Waals surface area contributed by atoms with Crippen LogP contribution in [0.15, 0.2) is 84.6 Å². The standard InChI is InChI=1S/C29H27N5O2S/c35-27(17-21-18-30-23-8-2-1-7-22(21)23)34-15-11-20(12-16-34)29-32-25(19-37-29)28(36)31-24-9-3-4-10-26(24)33-13-5-6-14-33/h1-10,13-14,18-20,30H,11-12,15-17H2,(H,31,36). The third kappa shape index (κ3) is 4.80. The van der Waals surface area contributed by atoms with Crippen LogP contribution in [0.25, 0.3) is 16.6 Å². The van der Waals surface area contributed by atoms with Crippen molar-refractivity contribution in [3.8, 4) is 5.69 Å². The predicted molar refractivity (Wildman–Crippen MR) is 146 cm³/mol. The number of para-hydroxylation sites is 3. The van der Waals surface area contributed by atoms with Gasteiger partial charge < -0.3 is 19.8 Å². The second-order valence-corrected chi connectivity index (χ2v) is 10.2. The molecule has 186 valence electrons. The molecule has 8 heteroatoms. The van der Waals surface area contributed by atoms with Gasteiger partial charge in [0, 0.05) is 53.9 Å². The average Bonchev–Trinajstić information content (AvgIpc) is 3.71. The van der Waals surface area contributed by atoms with E-state index in [4.69, 9.17) is 0 Å². The van der Waals surface area contributed by atoms with Crippen molar-refractivity contribution in [3.63, 3.8) is 0 Å². The number of aromatic nitrogens is 3. The van der Waals surface area contributed by atoms with Crippen molar-refractivity contribution in [3.05, 3.63) is 101 Å². The lowest BCUT2D eigenvalue weighted by atomic mass is 9.97. The van der Waals surface area contributed by atoms with Gasteiger partial charge in [-0.15, -0.1) is 11.3 Å². The number of anilines is 1. The summed E-state index contributed by atoms with van der Waals surface area (Å²) in [6.07, 6.45) is 7.94. The number of rotatable bonds is 6. The number of thiazole rings is 1. The molecule has 0 radical (unpaired) electrons. The number of hydrogen-bond acceptors (Lipinski definition) is 4. The zero-order valence-corrected chi connectivity index (χ0v) is 21.1. The Balaban J connectivity index is 1.07. The summed E-state index contributed by atoms with van der Waals surface area (Å²) >= 11 is 1.53. The van der Waals surface area contributed by atoms with Crippen LogP contribution in [-0.2, 0) is 11.2 Å². The normalized spacial score (nSPS) is 14.2. The van der Waals surface area contributed by atoms with E-state index in [1.54, 1.807) is 0 Å². The zero-order valence-electron chi connectivity index (χ0n) is 20.3. The Morgan fingerprint density at radius 3 is 2.59 bits per heavy atom. The maximum Gasteiger partial charge on any atom is 0.275 e. The summed E-state index contributed by atoms with van der Waals surface area (Å²) in [6.45, 7) is 1.41. The van der Waals surface area contributed by atoms with E-state index in [0.29, 0.717) is 25.2 Å². The lowest BCUT2D eigenvalue weighted by molar-refractivity contribution is -0.131. The fraction of sp³-hybridized carbons (Fsp3) is 0.207. The number of piperidine rings is 1. The van der Waals surface area contributed by atoms with E-state index in [9.17, 15) is 9.59 Å². The number of nitrogens with one attached hydrogen (secondary N) is 2. The Labute approximate surface area is 218 Å². The number of aromatic amines is 1. The number of nitrogens with zero attached hydrogens (tertiary/aromatic N) is 3. The summed E-state index contributed by atoms with van der Waals surface area (Å²) in [7, 11) is 0. The highest BCUT2D eigenvalue weighted by Gasteiger charge is 2.27. The van der Waals surface area contributed by atoms with Crippen molar-refractivity contribution in [1.82, 2.24) is 19.4 Å². The fourth-order valence-corrected chi connectivity index (χ4v) is 5.97. The van der Waals surface area contributed by atoms with E-state index in [-0.39, 0.29) is 17.7 Å². The summed E-state index contributed by atoms with van der Waals surface area (Å²) < 4.78 is 1.97. The second kappa shape index (κ2) is 10.1. The monoisotopic (exact) mass is 509 g/mol. The quantitative estimate of drug-likeness (QED) is 0.312. The number of hydrogen-bond donors (Lipinski definition) is 2. The number of likely N-dealkylation sites (tertiary alicyclic amines) is 1. The third-order valence-electron chi connectivity index (χ3n) is 7.00. The second-order valence-electron chi connectivity index (χ2n) is 9.32. The number of carbonyl (C=O) groups is 2. The van der Waals surface area contributed by atoms with Gasteiger partial charge in [0.05, 0.1) is 22.8 Å². The van der Waals surface area contributed by atoms with E-state index in [1.807, 2.05) is 88.0 Å². The molecule has 0 aliphatic carbocycles. The first-order valence-electron chi connectivity index (χ1n) is 12.5. The minimum Gasteiger partial charge on any atom is -0.361 e. The Hall–Kier alpha value is -4.17. The minimum atomic E-state index is -0.214. The maximum absolute atomic E-state index is 13.0. The fourth-order valence-electron chi connectivity index (χ4n) is 4.99. The molecule has 0 saturated carbocycles. The minimum absolute atomic E-state index is 0.156. The van der Waals surface area contributed by atoms with Crippen LogP contribution in [0, 0.1) is 0 Å². The van der Waals surface area contributed by atoms with Crippen LogP contribution in [0.5, 0.6) is 0 Å². The van der Waals surface area contributed by atoms with Crippen molar-refractivity contribution in [2.45, 2.75) is 25.2 Å². The number of benzene rings is 2. The number of fused-ring (bicyclic) bond motifs is 1. The molecule has 0 unspecified atom stereocenters. The molecule has 37 heavy (non-hydrogen) atoms. The number of amides is 2. The van der Waals surface area contributed by atoms with Gasteiger partial charge >= 0.3 is 0 Å². The highest BCUT2D eigenvalue weighted by Crippen LogP contribution is 2.31. The molecule has 0 spiro atoms. The lowest BCUT2D eigenvalue weighted by Crippen LogP contribution is -2.38. The Kier molecular flexibility index (Phi) is 6.32. The molecule has 2 amide bonds. The topological polar surface area (TPSA) is 83.0 Å². The highest BCUT2D eigenvalue weighted by atomic mass is 32.1. The smallest absolute Gasteiger partial charge is 0.275 e. The predicted octanol–water partition coefficient (Wildman–Crippen LogP) is 5.62. The first-order chi connectivity index (χ1) is 18.2. The molecule has 1 fully saturated rings. The Bertz CT molecular complexity index is 1540. The van der Waals surface area contributed by atoms with Gasteiger partial charge in [-0.1, -0.05) is 30.3 Å².